The molecule has 120 valence electrons. The Hall–Kier alpha value is -0.710. The minimum atomic E-state index is -3.92. The Morgan fingerprint density at radius 3 is 2.48 bits per heavy atom. The molecule has 5 nitrogen and oxygen atoms in total. The van der Waals surface area contributed by atoms with Crippen LogP contribution in [0, 0.1) is 0 Å². The van der Waals surface area contributed by atoms with Gasteiger partial charge in [-0.25, -0.2) is 4.57 Å². The molecular formula is C15H26NO4P. The molecule has 21 heavy (non-hydrogen) atoms. The van der Waals surface area contributed by atoms with Crippen LogP contribution in [0.3, 0.4) is 0 Å². The van der Waals surface area contributed by atoms with Crippen molar-refractivity contribution in [1.29, 1.82) is 0 Å². The van der Waals surface area contributed by atoms with Gasteiger partial charge in [0.15, 0.2) is 0 Å². The fourth-order valence-corrected chi connectivity index (χ4v) is 2.86. The van der Waals surface area contributed by atoms with Crippen LogP contribution in [0.5, 0.6) is 0 Å². The van der Waals surface area contributed by atoms with Gasteiger partial charge in [-0.2, -0.15) is 0 Å². The highest BCUT2D eigenvalue weighted by Crippen LogP contribution is 2.43. The number of phosphoric ester groups is 1. The second-order valence-corrected chi connectivity index (χ2v) is 7.37. The lowest BCUT2D eigenvalue weighted by atomic mass is 9.82. The van der Waals surface area contributed by atoms with Crippen LogP contribution in [0.15, 0.2) is 18.2 Å². The van der Waals surface area contributed by atoms with Crippen molar-refractivity contribution in [3.63, 3.8) is 0 Å². The molecular weight excluding hydrogens is 289 g/mol. The second kappa shape index (κ2) is 7.52. The van der Waals surface area contributed by atoms with E-state index in [9.17, 15) is 9.46 Å². The third-order valence-electron chi connectivity index (χ3n) is 3.14. The molecule has 0 bridgehead atoms. The summed E-state index contributed by atoms with van der Waals surface area (Å²) in [6.07, 6.45) is 0.551. The summed E-state index contributed by atoms with van der Waals surface area (Å²) in [5.41, 5.74) is 9.02. The first-order valence-corrected chi connectivity index (χ1v) is 8.63. The maximum Gasteiger partial charge on any atom is 0.472 e. The molecule has 0 aliphatic heterocycles. The van der Waals surface area contributed by atoms with Crippen LogP contribution in [-0.4, -0.2) is 18.1 Å². The van der Waals surface area contributed by atoms with E-state index < -0.39 is 7.82 Å². The van der Waals surface area contributed by atoms with Gasteiger partial charge in [-0.3, -0.25) is 9.05 Å². The van der Waals surface area contributed by atoms with Crippen LogP contribution >= 0.6 is 7.82 Å². The molecule has 0 aromatic heterocycles. The summed E-state index contributed by atoms with van der Waals surface area (Å²) in [6, 6.07) is 6.08. The Bertz CT molecular complexity index is 511. The molecule has 0 radical (unpaired) electrons. The lowest BCUT2D eigenvalue weighted by Gasteiger charge is -2.24. The average molecular weight is 315 g/mol. The molecule has 1 rings (SSSR count). The van der Waals surface area contributed by atoms with E-state index >= 15 is 0 Å². The summed E-state index contributed by atoms with van der Waals surface area (Å²) in [6.45, 7) is 8.81. The minimum Gasteiger partial charge on any atom is -0.326 e. The summed E-state index contributed by atoms with van der Waals surface area (Å²) in [4.78, 5) is 9.40. The molecule has 0 heterocycles. The zero-order valence-corrected chi connectivity index (χ0v) is 14.2. The first-order valence-electron chi connectivity index (χ1n) is 7.14. The van der Waals surface area contributed by atoms with Crippen LogP contribution in [0.2, 0.25) is 0 Å². The standard InChI is InChI=1S/C15H26NO4P/c1-5-19-21(17,18)20-9-8-13-7-6-12(11-16)10-14(13)15(2,3)4/h6-7,10H,5,8-9,11,16H2,1-4H3,(H,17,18). The Labute approximate surface area is 127 Å². The van der Waals surface area contributed by atoms with Crippen LogP contribution in [0.25, 0.3) is 0 Å². The highest BCUT2D eigenvalue weighted by atomic mass is 31.2. The van der Waals surface area contributed by atoms with Gasteiger partial charge in [0.25, 0.3) is 0 Å². The molecule has 0 saturated heterocycles. The summed E-state index contributed by atoms with van der Waals surface area (Å²) in [5, 5.41) is 0. The average Bonchev–Trinajstić information content (AvgIpc) is 2.37. The SMILES string of the molecule is CCOP(=O)(O)OCCc1ccc(CN)cc1C(C)(C)C. The van der Waals surface area contributed by atoms with Crippen molar-refractivity contribution in [1.82, 2.24) is 0 Å². The van der Waals surface area contributed by atoms with Gasteiger partial charge in [-0.05, 0) is 35.4 Å². The van der Waals surface area contributed by atoms with Crippen LogP contribution in [0.1, 0.15) is 44.4 Å². The highest BCUT2D eigenvalue weighted by Gasteiger charge is 2.21. The van der Waals surface area contributed by atoms with Crippen LogP contribution in [0.4, 0.5) is 0 Å². The Kier molecular flexibility index (Phi) is 6.57. The van der Waals surface area contributed by atoms with Gasteiger partial charge >= 0.3 is 7.82 Å². The normalized spacial score (nSPS) is 15.0. The number of nitrogens with two attached hydrogens (primary N) is 1. The molecule has 0 fully saturated rings. The minimum absolute atomic E-state index is 0.0245. The molecule has 0 aliphatic rings. The quantitative estimate of drug-likeness (QED) is 0.755. The molecule has 1 atom stereocenters. The van der Waals surface area contributed by atoms with Crippen LogP contribution < -0.4 is 5.73 Å². The predicted molar refractivity (Wildman–Crippen MR) is 84.1 cm³/mol. The van der Waals surface area contributed by atoms with Crippen molar-refractivity contribution >= 4 is 7.82 Å². The summed E-state index contributed by atoms with van der Waals surface area (Å²) < 4.78 is 21.1. The zero-order valence-electron chi connectivity index (χ0n) is 13.3. The van der Waals surface area contributed by atoms with Gasteiger partial charge in [0.2, 0.25) is 0 Å². The van der Waals surface area contributed by atoms with Crippen molar-refractivity contribution in [2.24, 2.45) is 5.73 Å². The Morgan fingerprint density at radius 1 is 1.29 bits per heavy atom. The predicted octanol–water partition coefficient (Wildman–Crippen LogP) is 3.14. The lowest BCUT2D eigenvalue weighted by Crippen LogP contribution is -2.16. The maximum atomic E-state index is 11.5. The second-order valence-electron chi connectivity index (χ2n) is 5.92. The maximum absolute atomic E-state index is 11.5. The van der Waals surface area contributed by atoms with E-state index in [1.165, 1.54) is 5.56 Å². The van der Waals surface area contributed by atoms with E-state index in [0.717, 1.165) is 11.1 Å². The van der Waals surface area contributed by atoms with Crippen molar-refractivity contribution in [3.05, 3.63) is 34.9 Å². The number of hydrogen-bond donors (Lipinski definition) is 2. The van der Waals surface area contributed by atoms with Crippen molar-refractivity contribution in [2.75, 3.05) is 13.2 Å². The summed E-state index contributed by atoms with van der Waals surface area (Å²) in [7, 11) is -3.92. The molecule has 0 spiro atoms. The highest BCUT2D eigenvalue weighted by molar-refractivity contribution is 7.47. The van der Waals surface area contributed by atoms with Crippen LogP contribution in [-0.2, 0) is 32.0 Å². The summed E-state index contributed by atoms with van der Waals surface area (Å²) >= 11 is 0. The van der Waals surface area contributed by atoms with E-state index in [1.54, 1.807) is 6.92 Å². The van der Waals surface area contributed by atoms with Gasteiger partial charge in [0.05, 0.1) is 13.2 Å². The van der Waals surface area contributed by atoms with E-state index in [2.05, 4.69) is 31.4 Å². The van der Waals surface area contributed by atoms with Crippen molar-refractivity contribution in [2.45, 2.75) is 46.1 Å². The largest absolute Gasteiger partial charge is 0.472 e. The monoisotopic (exact) mass is 315 g/mol. The fourth-order valence-electron chi connectivity index (χ4n) is 2.14. The number of rotatable bonds is 7. The molecule has 1 aromatic carbocycles. The zero-order chi connectivity index (χ0) is 16.1. The van der Waals surface area contributed by atoms with E-state index in [4.69, 9.17) is 10.3 Å². The number of phosphoric acid groups is 1. The Morgan fingerprint density at radius 2 is 1.95 bits per heavy atom. The van der Waals surface area contributed by atoms with E-state index in [1.807, 2.05) is 12.1 Å². The number of hydrogen-bond acceptors (Lipinski definition) is 4. The van der Waals surface area contributed by atoms with Gasteiger partial charge in [-0.1, -0.05) is 39.0 Å². The van der Waals surface area contributed by atoms with Crippen molar-refractivity contribution < 1.29 is 18.5 Å². The lowest BCUT2D eigenvalue weighted by molar-refractivity contribution is 0.156. The fraction of sp³-hybridized carbons (Fsp3) is 0.600. The topological polar surface area (TPSA) is 81.8 Å². The first kappa shape index (κ1) is 18.3. The van der Waals surface area contributed by atoms with Gasteiger partial charge in [-0.15, -0.1) is 0 Å². The van der Waals surface area contributed by atoms with Crippen molar-refractivity contribution in [3.8, 4) is 0 Å². The van der Waals surface area contributed by atoms with E-state index in [-0.39, 0.29) is 18.6 Å². The first-order chi connectivity index (χ1) is 9.69. The molecule has 0 amide bonds. The molecule has 1 unspecified atom stereocenters. The molecule has 0 aliphatic carbocycles. The molecule has 1 aromatic rings. The number of benzene rings is 1. The van der Waals surface area contributed by atoms with Gasteiger partial charge in [0.1, 0.15) is 0 Å². The smallest absolute Gasteiger partial charge is 0.326 e. The van der Waals surface area contributed by atoms with Gasteiger partial charge < -0.3 is 10.6 Å². The third-order valence-corrected chi connectivity index (χ3v) is 4.23. The Balaban J connectivity index is 2.82. The molecule has 6 heteroatoms. The third kappa shape index (κ3) is 5.89. The summed E-state index contributed by atoms with van der Waals surface area (Å²) in [5.74, 6) is 0. The molecule has 3 N–H and O–H groups in total. The van der Waals surface area contributed by atoms with Gasteiger partial charge in [0, 0.05) is 6.54 Å². The molecule has 0 saturated carbocycles. The van der Waals surface area contributed by atoms with E-state index in [0.29, 0.717) is 13.0 Å².